The maximum absolute atomic E-state index is 6.26. The van der Waals surface area contributed by atoms with E-state index in [1.54, 1.807) is 0 Å². The van der Waals surface area contributed by atoms with E-state index in [1.807, 2.05) is 42.2 Å². The van der Waals surface area contributed by atoms with Gasteiger partial charge in [-0.05, 0) is 43.7 Å². The number of aromatic nitrogens is 2. The molecular formula is C15H19Cl2N3. The van der Waals surface area contributed by atoms with Crippen molar-refractivity contribution in [1.82, 2.24) is 15.1 Å². The minimum absolute atomic E-state index is 0.140. The maximum Gasteiger partial charge on any atom is 0.0556 e. The number of hydrogen-bond acceptors (Lipinski definition) is 2. The van der Waals surface area contributed by atoms with Crippen LogP contribution in [0.3, 0.4) is 0 Å². The smallest absolute Gasteiger partial charge is 0.0556 e. The molecule has 0 aliphatic carbocycles. The zero-order valence-corrected chi connectivity index (χ0v) is 13.2. The molecule has 0 fully saturated rings. The van der Waals surface area contributed by atoms with Crippen molar-refractivity contribution in [2.24, 2.45) is 0 Å². The Morgan fingerprint density at radius 2 is 1.95 bits per heavy atom. The lowest BCUT2D eigenvalue weighted by Gasteiger charge is -2.19. The van der Waals surface area contributed by atoms with Gasteiger partial charge in [0.2, 0.25) is 0 Å². The van der Waals surface area contributed by atoms with Crippen LogP contribution in [0.5, 0.6) is 0 Å². The van der Waals surface area contributed by atoms with Crippen molar-refractivity contribution < 1.29 is 0 Å². The number of likely N-dealkylation sites (N-methyl/N-ethyl adjacent to an activating group) is 1. The first kappa shape index (κ1) is 15.4. The number of nitrogens with one attached hydrogen (secondary N) is 1. The van der Waals surface area contributed by atoms with Crippen LogP contribution in [0, 0.1) is 0 Å². The molecule has 0 aliphatic rings. The summed E-state index contributed by atoms with van der Waals surface area (Å²) in [7, 11) is 1.94. The van der Waals surface area contributed by atoms with E-state index in [9.17, 15) is 0 Å². The predicted octanol–water partition coefficient (Wildman–Crippen LogP) is 4.10. The Kier molecular flexibility index (Phi) is 5.46. The summed E-state index contributed by atoms with van der Waals surface area (Å²) in [5.74, 6) is 0. The van der Waals surface area contributed by atoms with Crippen LogP contribution in [-0.4, -0.2) is 16.8 Å². The molecule has 3 nitrogen and oxygen atoms in total. The highest BCUT2D eigenvalue weighted by atomic mass is 35.5. The van der Waals surface area contributed by atoms with Crippen LogP contribution in [0.15, 0.2) is 30.5 Å². The minimum atomic E-state index is 0.140. The molecule has 0 saturated heterocycles. The standard InChI is InChI=1S/C15H19Cl2N3/c1-3-9-20-15(7-8-19-20)14(18-2)10-11-12(16)5-4-6-13(11)17/h4-8,14,18H,3,9-10H2,1-2H3. The molecule has 1 aromatic carbocycles. The van der Waals surface area contributed by atoms with Crippen molar-refractivity contribution in [3.8, 4) is 0 Å². The quantitative estimate of drug-likeness (QED) is 0.870. The second-order valence-electron chi connectivity index (χ2n) is 4.72. The molecule has 0 saturated carbocycles. The van der Waals surface area contributed by atoms with Gasteiger partial charge in [0.25, 0.3) is 0 Å². The van der Waals surface area contributed by atoms with Crippen LogP contribution in [0.1, 0.15) is 30.6 Å². The van der Waals surface area contributed by atoms with Crippen LogP contribution >= 0.6 is 23.2 Å². The fourth-order valence-corrected chi connectivity index (χ4v) is 2.88. The van der Waals surface area contributed by atoms with E-state index in [4.69, 9.17) is 23.2 Å². The molecule has 0 spiro atoms. The first-order valence-corrected chi connectivity index (χ1v) is 7.54. The Bertz CT molecular complexity index is 546. The molecule has 2 rings (SSSR count). The van der Waals surface area contributed by atoms with E-state index in [0.717, 1.165) is 30.6 Å². The number of rotatable bonds is 6. The van der Waals surface area contributed by atoms with Gasteiger partial charge in [-0.2, -0.15) is 5.10 Å². The molecule has 1 aromatic heterocycles. The second-order valence-corrected chi connectivity index (χ2v) is 5.54. The fraction of sp³-hybridized carbons (Fsp3) is 0.400. The Balaban J connectivity index is 2.27. The summed E-state index contributed by atoms with van der Waals surface area (Å²) in [4.78, 5) is 0. The summed E-state index contributed by atoms with van der Waals surface area (Å²) in [6, 6.07) is 7.80. The van der Waals surface area contributed by atoms with Crippen LogP contribution in [0.2, 0.25) is 10.0 Å². The average molecular weight is 312 g/mol. The molecule has 0 radical (unpaired) electrons. The molecule has 2 aromatic rings. The topological polar surface area (TPSA) is 29.9 Å². The number of benzene rings is 1. The van der Waals surface area contributed by atoms with Gasteiger partial charge in [-0.3, -0.25) is 4.68 Å². The number of aryl methyl sites for hydroxylation is 1. The van der Waals surface area contributed by atoms with E-state index < -0.39 is 0 Å². The number of halogens is 2. The third-order valence-electron chi connectivity index (χ3n) is 3.36. The van der Waals surface area contributed by atoms with Gasteiger partial charge < -0.3 is 5.32 Å². The molecule has 20 heavy (non-hydrogen) atoms. The Hall–Kier alpha value is -1.03. The lowest BCUT2D eigenvalue weighted by molar-refractivity contribution is 0.497. The largest absolute Gasteiger partial charge is 0.311 e. The van der Waals surface area contributed by atoms with E-state index in [2.05, 4.69) is 17.3 Å². The zero-order valence-electron chi connectivity index (χ0n) is 11.7. The van der Waals surface area contributed by atoms with Crippen molar-refractivity contribution in [3.05, 3.63) is 51.8 Å². The van der Waals surface area contributed by atoms with E-state index in [-0.39, 0.29) is 6.04 Å². The number of hydrogen-bond donors (Lipinski definition) is 1. The first-order chi connectivity index (χ1) is 9.67. The zero-order chi connectivity index (χ0) is 14.5. The second kappa shape index (κ2) is 7.11. The summed E-state index contributed by atoms with van der Waals surface area (Å²) in [6.07, 6.45) is 3.63. The van der Waals surface area contributed by atoms with Gasteiger partial charge in [0.05, 0.1) is 11.7 Å². The van der Waals surface area contributed by atoms with Crippen LogP contribution in [0.4, 0.5) is 0 Å². The monoisotopic (exact) mass is 311 g/mol. The molecule has 1 unspecified atom stereocenters. The molecule has 0 aliphatic heterocycles. The van der Waals surface area contributed by atoms with Gasteiger partial charge in [0, 0.05) is 22.8 Å². The normalized spacial score (nSPS) is 12.6. The lowest BCUT2D eigenvalue weighted by atomic mass is 10.0. The van der Waals surface area contributed by atoms with Crippen LogP contribution < -0.4 is 5.32 Å². The van der Waals surface area contributed by atoms with E-state index in [1.165, 1.54) is 0 Å². The summed E-state index contributed by atoms with van der Waals surface area (Å²) < 4.78 is 2.03. The Morgan fingerprint density at radius 3 is 2.55 bits per heavy atom. The molecule has 108 valence electrons. The maximum atomic E-state index is 6.26. The van der Waals surface area contributed by atoms with Gasteiger partial charge in [-0.25, -0.2) is 0 Å². The highest BCUT2D eigenvalue weighted by Crippen LogP contribution is 2.29. The minimum Gasteiger partial charge on any atom is -0.311 e. The Labute approximate surface area is 129 Å². The van der Waals surface area contributed by atoms with Gasteiger partial charge in [-0.1, -0.05) is 36.2 Å². The number of nitrogens with zero attached hydrogens (tertiary/aromatic N) is 2. The average Bonchev–Trinajstić information content (AvgIpc) is 2.87. The molecule has 0 amide bonds. The summed E-state index contributed by atoms with van der Waals surface area (Å²) in [5.41, 5.74) is 2.13. The summed E-state index contributed by atoms with van der Waals surface area (Å²) >= 11 is 12.5. The SMILES string of the molecule is CCCn1nccc1C(Cc1c(Cl)cccc1Cl)NC. The van der Waals surface area contributed by atoms with E-state index >= 15 is 0 Å². The van der Waals surface area contributed by atoms with E-state index in [0.29, 0.717) is 10.0 Å². The molecular weight excluding hydrogens is 293 g/mol. The van der Waals surface area contributed by atoms with Crippen molar-refractivity contribution >= 4 is 23.2 Å². The third-order valence-corrected chi connectivity index (χ3v) is 4.07. The van der Waals surface area contributed by atoms with Crippen molar-refractivity contribution in [2.75, 3.05) is 7.05 Å². The molecule has 1 atom stereocenters. The van der Waals surface area contributed by atoms with Crippen molar-refractivity contribution in [2.45, 2.75) is 32.4 Å². The molecule has 1 heterocycles. The van der Waals surface area contributed by atoms with Crippen molar-refractivity contribution in [3.63, 3.8) is 0 Å². The first-order valence-electron chi connectivity index (χ1n) is 6.79. The predicted molar refractivity (Wildman–Crippen MR) is 84.5 cm³/mol. The van der Waals surface area contributed by atoms with Gasteiger partial charge in [-0.15, -0.1) is 0 Å². The van der Waals surface area contributed by atoms with Gasteiger partial charge in [0.1, 0.15) is 0 Å². The fourth-order valence-electron chi connectivity index (χ4n) is 2.32. The molecule has 0 bridgehead atoms. The van der Waals surface area contributed by atoms with Crippen LogP contribution in [-0.2, 0) is 13.0 Å². The summed E-state index contributed by atoms with van der Waals surface area (Å²) in [5, 5.41) is 9.12. The highest BCUT2D eigenvalue weighted by Gasteiger charge is 2.17. The molecule has 1 N–H and O–H groups in total. The van der Waals surface area contributed by atoms with Crippen molar-refractivity contribution in [1.29, 1.82) is 0 Å². The highest BCUT2D eigenvalue weighted by molar-refractivity contribution is 6.36. The van der Waals surface area contributed by atoms with Gasteiger partial charge in [0.15, 0.2) is 0 Å². The lowest BCUT2D eigenvalue weighted by Crippen LogP contribution is -2.23. The summed E-state index contributed by atoms with van der Waals surface area (Å²) in [6.45, 7) is 3.06. The van der Waals surface area contributed by atoms with Crippen LogP contribution in [0.25, 0.3) is 0 Å². The van der Waals surface area contributed by atoms with Gasteiger partial charge >= 0.3 is 0 Å². The molecule has 5 heteroatoms. The Morgan fingerprint density at radius 1 is 1.25 bits per heavy atom. The third kappa shape index (κ3) is 3.35.